The van der Waals surface area contributed by atoms with E-state index in [1.165, 1.54) is 7.11 Å². The number of nitrogens with zero attached hydrogens (tertiary/aromatic N) is 1. The van der Waals surface area contributed by atoms with Crippen molar-refractivity contribution in [2.45, 2.75) is 24.0 Å². The monoisotopic (exact) mass is 240 g/mol. The lowest BCUT2D eigenvalue weighted by Crippen LogP contribution is -2.22. The van der Waals surface area contributed by atoms with Crippen molar-refractivity contribution >= 4 is 23.4 Å². The predicted octanol–water partition coefficient (Wildman–Crippen LogP) is 1.95. The average molecular weight is 240 g/mol. The molecule has 0 saturated heterocycles. The van der Waals surface area contributed by atoms with Crippen LogP contribution in [-0.2, 0) is 9.53 Å². The molecular weight excluding hydrogens is 224 g/mol. The highest BCUT2D eigenvalue weighted by molar-refractivity contribution is 8.00. The van der Waals surface area contributed by atoms with Crippen LogP contribution in [0.4, 0.5) is 5.69 Å². The van der Waals surface area contributed by atoms with E-state index >= 15 is 0 Å². The van der Waals surface area contributed by atoms with Crippen molar-refractivity contribution in [2.24, 2.45) is 5.92 Å². The van der Waals surface area contributed by atoms with Gasteiger partial charge >= 0.3 is 5.97 Å². The SMILES string of the molecule is COC(=O)C(C)C(C)Sc1ccncc1N. The van der Waals surface area contributed by atoms with Gasteiger partial charge in [0.05, 0.1) is 24.9 Å². The number of ether oxygens (including phenoxy) is 1. The van der Waals surface area contributed by atoms with E-state index in [0.29, 0.717) is 5.69 Å². The second-order valence-corrected chi connectivity index (χ2v) is 4.97. The minimum atomic E-state index is -0.201. The van der Waals surface area contributed by atoms with Gasteiger partial charge in [0.1, 0.15) is 0 Å². The molecule has 1 rings (SSSR count). The van der Waals surface area contributed by atoms with Crippen LogP contribution in [0.15, 0.2) is 23.4 Å². The van der Waals surface area contributed by atoms with Gasteiger partial charge in [0.25, 0.3) is 0 Å². The zero-order chi connectivity index (χ0) is 12.1. The zero-order valence-electron chi connectivity index (χ0n) is 9.64. The number of pyridine rings is 1. The lowest BCUT2D eigenvalue weighted by atomic mass is 10.1. The topological polar surface area (TPSA) is 65.2 Å². The minimum absolute atomic E-state index is 0.108. The first-order valence-corrected chi connectivity index (χ1v) is 5.88. The van der Waals surface area contributed by atoms with Gasteiger partial charge in [-0.15, -0.1) is 11.8 Å². The van der Waals surface area contributed by atoms with Gasteiger partial charge < -0.3 is 10.5 Å². The van der Waals surface area contributed by atoms with Crippen molar-refractivity contribution in [3.63, 3.8) is 0 Å². The molecule has 1 heterocycles. The Balaban J connectivity index is 2.68. The normalized spacial score (nSPS) is 14.2. The molecule has 0 aromatic carbocycles. The number of nitrogen functional groups attached to an aromatic ring is 1. The third-order valence-electron chi connectivity index (χ3n) is 2.40. The first-order chi connectivity index (χ1) is 7.56. The van der Waals surface area contributed by atoms with Crippen LogP contribution in [0.1, 0.15) is 13.8 Å². The van der Waals surface area contributed by atoms with Crippen LogP contribution >= 0.6 is 11.8 Å². The minimum Gasteiger partial charge on any atom is -0.469 e. The van der Waals surface area contributed by atoms with Gasteiger partial charge in [-0.3, -0.25) is 9.78 Å². The van der Waals surface area contributed by atoms with Crippen LogP contribution < -0.4 is 5.73 Å². The summed E-state index contributed by atoms with van der Waals surface area (Å²) in [5.74, 6) is -0.366. The molecule has 1 aromatic rings. The number of thioether (sulfide) groups is 1. The van der Waals surface area contributed by atoms with Crippen LogP contribution in [0.2, 0.25) is 0 Å². The van der Waals surface area contributed by atoms with E-state index in [1.807, 2.05) is 19.9 Å². The van der Waals surface area contributed by atoms with Crippen LogP contribution in [0, 0.1) is 5.92 Å². The third kappa shape index (κ3) is 3.13. The van der Waals surface area contributed by atoms with Crippen molar-refractivity contribution in [3.05, 3.63) is 18.5 Å². The molecule has 2 unspecified atom stereocenters. The fourth-order valence-corrected chi connectivity index (χ4v) is 2.23. The van der Waals surface area contributed by atoms with Crippen molar-refractivity contribution in [2.75, 3.05) is 12.8 Å². The molecule has 0 spiro atoms. The molecule has 16 heavy (non-hydrogen) atoms. The number of hydrogen-bond acceptors (Lipinski definition) is 5. The van der Waals surface area contributed by atoms with Gasteiger partial charge in [-0.2, -0.15) is 0 Å². The predicted molar refractivity (Wildman–Crippen MR) is 65.1 cm³/mol. The van der Waals surface area contributed by atoms with Crippen molar-refractivity contribution in [1.29, 1.82) is 0 Å². The largest absolute Gasteiger partial charge is 0.469 e. The molecule has 0 aliphatic heterocycles. The molecule has 2 N–H and O–H groups in total. The summed E-state index contributed by atoms with van der Waals surface area (Å²) in [7, 11) is 1.40. The van der Waals surface area contributed by atoms with E-state index < -0.39 is 0 Å². The molecule has 0 bridgehead atoms. The fourth-order valence-electron chi connectivity index (χ4n) is 1.18. The number of esters is 1. The summed E-state index contributed by atoms with van der Waals surface area (Å²) in [6.07, 6.45) is 3.30. The number of methoxy groups -OCH3 is 1. The van der Waals surface area contributed by atoms with Crippen LogP contribution in [0.3, 0.4) is 0 Å². The first-order valence-electron chi connectivity index (χ1n) is 5.00. The smallest absolute Gasteiger partial charge is 0.309 e. The molecule has 4 nitrogen and oxygen atoms in total. The Bertz CT molecular complexity index is 371. The Morgan fingerprint density at radius 3 is 2.81 bits per heavy atom. The average Bonchev–Trinajstić information content (AvgIpc) is 2.30. The number of nitrogens with two attached hydrogens (primary N) is 1. The highest BCUT2D eigenvalue weighted by Gasteiger charge is 2.22. The maximum Gasteiger partial charge on any atom is 0.309 e. The molecule has 0 fully saturated rings. The van der Waals surface area contributed by atoms with Crippen molar-refractivity contribution < 1.29 is 9.53 Å². The highest BCUT2D eigenvalue weighted by atomic mass is 32.2. The number of anilines is 1. The first kappa shape index (κ1) is 12.8. The van der Waals surface area contributed by atoms with E-state index in [2.05, 4.69) is 4.98 Å². The van der Waals surface area contributed by atoms with Crippen LogP contribution in [-0.4, -0.2) is 23.3 Å². The van der Waals surface area contributed by atoms with Gasteiger partial charge in [0.2, 0.25) is 0 Å². The van der Waals surface area contributed by atoms with E-state index in [-0.39, 0.29) is 17.1 Å². The van der Waals surface area contributed by atoms with Gasteiger partial charge in [-0.1, -0.05) is 13.8 Å². The Labute approximate surface area is 99.6 Å². The third-order valence-corrected chi connectivity index (χ3v) is 3.81. The summed E-state index contributed by atoms with van der Waals surface area (Å²) in [5.41, 5.74) is 6.41. The second-order valence-electron chi connectivity index (χ2n) is 3.55. The summed E-state index contributed by atoms with van der Waals surface area (Å²) >= 11 is 1.56. The maximum atomic E-state index is 11.3. The second kappa shape index (κ2) is 5.75. The molecule has 0 amide bonds. The van der Waals surface area contributed by atoms with Gasteiger partial charge in [0.15, 0.2) is 0 Å². The Morgan fingerprint density at radius 2 is 2.25 bits per heavy atom. The molecule has 0 radical (unpaired) electrons. The van der Waals surface area contributed by atoms with Crippen molar-refractivity contribution in [1.82, 2.24) is 4.98 Å². The molecule has 88 valence electrons. The number of carbonyl (C=O) groups is 1. The molecule has 2 atom stereocenters. The van der Waals surface area contributed by atoms with E-state index in [9.17, 15) is 4.79 Å². The molecule has 0 saturated carbocycles. The van der Waals surface area contributed by atoms with Crippen molar-refractivity contribution in [3.8, 4) is 0 Å². The van der Waals surface area contributed by atoms with Gasteiger partial charge in [0, 0.05) is 16.3 Å². The van der Waals surface area contributed by atoms with Crippen LogP contribution in [0.25, 0.3) is 0 Å². The summed E-state index contributed by atoms with van der Waals surface area (Å²) in [6, 6.07) is 1.85. The van der Waals surface area contributed by atoms with Gasteiger partial charge in [-0.05, 0) is 6.07 Å². The summed E-state index contributed by atoms with van der Waals surface area (Å²) in [4.78, 5) is 16.2. The Kier molecular flexibility index (Phi) is 4.61. The summed E-state index contributed by atoms with van der Waals surface area (Å²) in [6.45, 7) is 3.83. The number of rotatable bonds is 4. The lowest BCUT2D eigenvalue weighted by molar-refractivity contribution is -0.144. The molecule has 5 heteroatoms. The van der Waals surface area contributed by atoms with Gasteiger partial charge in [-0.25, -0.2) is 0 Å². The lowest BCUT2D eigenvalue weighted by Gasteiger charge is -2.17. The number of aromatic nitrogens is 1. The molecule has 0 aliphatic rings. The molecule has 0 aliphatic carbocycles. The Hall–Kier alpha value is -1.23. The standard InChI is InChI=1S/C11H16N2O2S/c1-7(11(14)15-3)8(2)16-10-4-5-13-6-9(10)12/h4-8H,12H2,1-3H3. The summed E-state index contributed by atoms with van der Waals surface area (Å²) in [5, 5.41) is 0.108. The highest BCUT2D eigenvalue weighted by Crippen LogP contribution is 2.31. The zero-order valence-corrected chi connectivity index (χ0v) is 10.5. The van der Waals surface area contributed by atoms with E-state index in [4.69, 9.17) is 10.5 Å². The van der Waals surface area contributed by atoms with E-state index in [1.54, 1.807) is 24.2 Å². The quantitative estimate of drug-likeness (QED) is 0.643. The van der Waals surface area contributed by atoms with E-state index in [0.717, 1.165) is 4.90 Å². The number of carbonyl (C=O) groups excluding carboxylic acids is 1. The summed E-state index contributed by atoms with van der Waals surface area (Å²) < 4.78 is 4.71. The molecular formula is C11H16N2O2S. The van der Waals surface area contributed by atoms with Crippen LogP contribution in [0.5, 0.6) is 0 Å². The maximum absolute atomic E-state index is 11.3. The fraction of sp³-hybridized carbons (Fsp3) is 0.455. The number of hydrogen-bond donors (Lipinski definition) is 1. The molecule has 1 aromatic heterocycles. The Morgan fingerprint density at radius 1 is 1.56 bits per heavy atom.